The van der Waals surface area contributed by atoms with Crippen molar-refractivity contribution in [3.05, 3.63) is 17.8 Å². The van der Waals surface area contributed by atoms with Crippen LogP contribution in [0.15, 0.2) is 17.4 Å². The van der Waals surface area contributed by atoms with E-state index in [4.69, 9.17) is 9.84 Å². The van der Waals surface area contributed by atoms with Gasteiger partial charge in [-0.05, 0) is 25.0 Å². The molecule has 2 rings (SSSR count). The zero-order valence-electron chi connectivity index (χ0n) is 11.5. The maximum atomic E-state index is 10.7. The molecule has 0 spiro atoms. The minimum absolute atomic E-state index is 0.00736. The Bertz CT molecular complexity index is 612. The third-order valence-electron chi connectivity index (χ3n) is 2.74. The second-order valence-corrected chi connectivity index (χ2v) is 5.37. The molecule has 2 aromatic heterocycles. The molecule has 0 fully saturated rings. The van der Waals surface area contributed by atoms with Crippen molar-refractivity contribution in [2.75, 3.05) is 19.5 Å². The first-order valence-electron chi connectivity index (χ1n) is 6.28. The number of carboxylic acid groups (broad SMARTS) is 1. The maximum Gasteiger partial charge on any atom is 0.313 e. The Morgan fingerprint density at radius 3 is 3.05 bits per heavy atom. The van der Waals surface area contributed by atoms with Crippen LogP contribution in [0.5, 0.6) is 0 Å². The fraction of sp³-hybridized carbons (Fsp3) is 0.462. The van der Waals surface area contributed by atoms with Crippen LogP contribution in [-0.4, -0.2) is 45.1 Å². The van der Waals surface area contributed by atoms with E-state index in [1.165, 1.54) is 11.8 Å². The van der Waals surface area contributed by atoms with Crippen LogP contribution in [0.1, 0.15) is 12.0 Å². The number of carboxylic acids is 1. The van der Waals surface area contributed by atoms with Crippen LogP contribution >= 0.6 is 11.8 Å². The number of rotatable bonds is 7. The highest BCUT2D eigenvalue weighted by Gasteiger charge is 2.13. The fourth-order valence-electron chi connectivity index (χ4n) is 1.90. The van der Waals surface area contributed by atoms with Crippen LogP contribution in [0, 0.1) is 6.92 Å². The molecule has 108 valence electrons. The molecular formula is C13H17N3O3S. The second-order valence-electron chi connectivity index (χ2n) is 4.43. The molecule has 0 aliphatic heterocycles. The van der Waals surface area contributed by atoms with Gasteiger partial charge in [0.2, 0.25) is 0 Å². The van der Waals surface area contributed by atoms with E-state index in [9.17, 15) is 4.79 Å². The summed E-state index contributed by atoms with van der Waals surface area (Å²) in [6, 6.07) is 1.96. The number of hydrogen-bond acceptors (Lipinski definition) is 5. The van der Waals surface area contributed by atoms with Crippen molar-refractivity contribution in [2.45, 2.75) is 25.0 Å². The zero-order chi connectivity index (χ0) is 14.5. The Morgan fingerprint density at radius 1 is 1.55 bits per heavy atom. The van der Waals surface area contributed by atoms with Crippen molar-refractivity contribution in [1.29, 1.82) is 0 Å². The van der Waals surface area contributed by atoms with Crippen LogP contribution in [-0.2, 0) is 16.1 Å². The van der Waals surface area contributed by atoms with Gasteiger partial charge in [0.25, 0.3) is 0 Å². The van der Waals surface area contributed by atoms with Gasteiger partial charge in [-0.3, -0.25) is 4.79 Å². The summed E-state index contributed by atoms with van der Waals surface area (Å²) in [7, 11) is 1.66. The zero-order valence-corrected chi connectivity index (χ0v) is 12.3. The van der Waals surface area contributed by atoms with Crippen molar-refractivity contribution >= 4 is 28.9 Å². The number of aromatic nitrogens is 3. The summed E-state index contributed by atoms with van der Waals surface area (Å²) in [4.78, 5) is 19.6. The lowest BCUT2D eigenvalue weighted by Crippen LogP contribution is -2.06. The van der Waals surface area contributed by atoms with Gasteiger partial charge in [0.15, 0.2) is 10.8 Å². The molecule has 0 unspecified atom stereocenters. The number of hydrogen-bond donors (Lipinski definition) is 1. The minimum atomic E-state index is -0.852. The average molecular weight is 295 g/mol. The highest BCUT2D eigenvalue weighted by molar-refractivity contribution is 7.99. The van der Waals surface area contributed by atoms with E-state index in [1.54, 1.807) is 13.3 Å². The standard InChI is InChI=1S/C13H17N3O3S/c1-9-6-10-12(14-7-9)16(4-3-5-19-2)13(15-10)20-8-11(17)18/h6-7H,3-5,8H2,1-2H3,(H,17,18). The van der Waals surface area contributed by atoms with Gasteiger partial charge in [-0.15, -0.1) is 0 Å². The molecule has 7 heteroatoms. The molecule has 0 aliphatic carbocycles. The highest BCUT2D eigenvalue weighted by atomic mass is 32.2. The van der Waals surface area contributed by atoms with Crippen LogP contribution in [0.3, 0.4) is 0 Å². The molecule has 6 nitrogen and oxygen atoms in total. The van der Waals surface area contributed by atoms with Gasteiger partial charge in [0.1, 0.15) is 5.52 Å². The summed E-state index contributed by atoms with van der Waals surface area (Å²) >= 11 is 1.22. The smallest absolute Gasteiger partial charge is 0.313 e. The van der Waals surface area contributed by atoms with Crippen LogP contribution < -0.4 is 0 Å². The number of ether oxygens (including phenoxy) is 1. The Kier molecular flexibility index (Phi) is 4.97. The third-order valence-corrected chi connectivity index (χ3v) is 3.70. The Hall–Kier alpha value is -1.60. The number of nitrogens with zero attached hydrogens (tertiary/aromatic N) is 3. The van der Waals surface area contributed by atoms with Crippen molar-refractivity contribution in [2.24, 2.45) is 0 Å². The minimum Gasteiger partial charge on any atom is -0.481 e. The molecule has 20 heavy (non-hydrogen) atoms. The fourth-order valence-corrected chi connectivity index (χ4v) is 2.64. The van der Waals surface area contributed by atoms with Gasteiger partial charge in [0, 0.05) is 26.5 Å². The first-order chi connectivity index (χ1) is 9.61. The van der Waals surface area contributed by atoms with Gasteiger partial charge in [0.05, 0.1) is 5.75 Å². The summed E-state index contributed by atoms with van der Waals surface area (Å²) in [6.45, 7) is 3.32. The summed E-state index contributed by atoms with van der Waals surface area (Å²) < 4.78 is 7.01. The van der Waals surface area contributed by atoms with E-state index < -0.39 is 5.97 Å². The van der Waals surface area contributed by atoms with E-state index in [0.29, 0.717) is 18.3 Å². The van der Waals surface area contributed by atoms with Gasteiger partial charge in [-0.1, -0.05) is 11.8 Å². The molecule has 0 amide bonds. The number of fused-ring (bicyclic) bond motifs is 1. The molecule has 0 aliphatic rings. The Morgan fingerprint density at radius 2 is 2.35 bits per heavy atom. The van der Waals surface area contributed by atoms with Gasteiger partial charge >= 0.3 is 5.97 Å². The number of imidazole rings is 1. The molecule has 0 radical (unpaired) electrons. The van der Waals surface area contributed by atoms with E-state index in [0.717, 1.165) is 23.1 Å². The van der Waals surface area contributed by atoms with Crippen LogP contribution in [0.2, 0.25) is 0 Å². The summed E-state index contributed by atoms with van der Waals surface area (Å²) in [5, 5.41) is 9.50. The van der Waals surface area contributed by atoms with E-state index >= 15 is 0 Å². The highest BCUT2D eigenvalue weighted by Crippen LogP contribution is 2.23. The molecule has 0 aromatic carbocycles. The number of methoxy groups -OCH3 is 1. The monoisotopic (exact) mass is 295 g/mol. The van der Waals surface area contributed by atoms with Crippen molar-refractivity contribution in [3.63, 3.8) is 0 Å². The molecular weight excluding hydrogens is 278 g/mol. The summed E-state index contributed by atoms with van der Waals surface area (Å²) in [5.74, 6) is -0.860. The lowest BCUT2D eigenvalue weighted by molar-refractivity contribution is -0.133. The van der Waals surface area contributed by atoms with Crippen LogP contribution in [0.4, 0.5) is 0 Å². The van der Waals surface area contributed by atoms with E-state index in [-0.39, 0.29) is 5.75 Å². The van der Waals surface area contributed by atoms with E-state index in [2.05, 4.69) is 9.97 Å². The topological polar surface area (TPSA) is 77.2 Å². The normalized spacial score (nSPS) is 11.1. The van der Waals surface area contributed by atoms with Gasteiger partial charge in [-0.25, -0.2) is 9.97 Å². The predicted molar refractivity (Wildman–Crippen MR) is 77.1 cm³/mol. The number of aliphatic carboxylic acids is 1. The second kappa shape index (κ2) is 6.71. The van der Waals surface area contributed by atoms with Gasteiger partial charge in [-0.2, -0.15) is 0 Å². The average Bonchev–Trinajstić information content (AvgIpc) is 2.74. The number of carbonyl (C=O) groups is 1. The number of aryl methyl sites for hydroxylation is 2. The summed E-state index contributed by atoms with van der Waals surface area (Å²) in [6.07, 6.45) is 2.63. The van der Waals surface area contributed by atoms with Crippen molar-refractivity contribution < 1.29 is 14.6 Å². The molecule has 2 aromatic rings. The number of thioether (sulfide) groups is 1. The Balaban J connectivity index is 2.31. The van der Waals surface area contributed by atoms with Gasteiger partial charge < -0.3 is 14.4 Å². The third kappa shape index (κ3) is 3.49. The van der Waals surface area contributed by atoms with Crippen molar-refractivity contribution in [1.82, 2.24) is 14.5 Å². The first-order valence-corrected chi connectivity index (χ1v) is 7.27. The lowest BCUT2D eigenvalue weighted by atomic mass is 10.3. The molecule has 1 N–H and O–H groups in total. The largest absolute Gasteiger partial charge is 0.481 e. The SMILES string of the molecule is COCCCn1c(SCC(=O)O)nc2cc(C)cnc21. The Labute approximate surface area is 121 Å². The number of pyridine rings is 1. The summed E-state index contributed by atoms with van der Waals surface area (Å²) in [5.41, 5.74) is 2.63. The maximum absolute atomic E-state index is 10.7. The first kappa shape index (κ1) is 14.8. The molecule has 0 saturated heterocycles. The van der Waals surface area contributed by atoms with Crippen molar-refractivity contribution in [3.8, 4) is 0 Å². The molecule has 0 bridgehead atoms. The molecule has 0 atom stereocenters. The molecule has 2 heterocycles. The lowest BCUT2D eigenvalue weighted by Gasteiger charge is -2.07. The molecule has 0 saturated carbocycles. The quantitative estimate of drug-likeness (QED) is 0.621. The van der Waals surface area contributed by atoms with Crippen LogP contribution in [0.25, 0.3) is 11.2 Å². The predicted octanol–water partition coefficient (Wildman–Crippen LogP) is 1.95. The van der Waals surface area contributed by atoms with E-state index in [1.807, 2.05) is 17.6 Å².